The molecule has 1 aromatic rings. The Labute approximate surface area is 147 Å². The van der Waals surface area contributed by atoms with E-state index < -0.39 is 29.1 Å². The van der Waals surface area contributed by atoms with E-state index in [1.807, 2.05) is 0 Å². The monoisotopic (exact) mass is 381 g/mol. The molecule has 1 N–H and O–H groups in total. The third kappa shape index (κ3) is 6.37. The smallest absolute Gasteiger partial charge is 0.379 e. The molecule has 0 atom stereocenters. The lowest BCUT2D eigenvalue weighted by Gasteiger charge is -2.27. The SMILES string of the molecule is CN(C(=O)NCCN1CCOCC1)c1ccc(SC(F)(F)F)cc1F. The second-order valence-corrected chi connectivity index (χ2v) is 6.54. The first-order valence-corrected chi connectivity index (χ1v) is 8.45. The van der Waals surface area contributed by atoms with Crippen LogP contribution in [0.15, 0.2) is 23.1 Å². The molecule has 1 fully saturated rings. The minimum atomic E-state index is -4.49. The van der Waals surface area contributed by atoms with Crippen molar-refractivity contribution in [3.63, 3.8) is 0 Å². The Morgan fingerprint density at radius 1 is 1.36 bits per heavy atom. The molecule has 1 saturated heterocycles. The van der Waals surface area contributed by atoms with Gasteiger partial charge < -0.3 is 10.1 Å². The molecule has 1 aromatic carbocycles. The quantitative estimate of drug-likeness (QED) is 0.629. The van der Waals surface area contributed by atoms with Gasteiger partial charge in [-0.05, 0) is 30.0 Å². The first-order chi connectivity index (χ1) is 11.8. The van der Waals surface area contributed by atoms with Gasteiger partial charge in [0.25, 0.3) is 0 Å². The topological polar surface area (TPSA) is 44.8 Å². The number of nitrogens with one attached hydrogen (secondary N) is 1. The van der Waals surface area contributed by atoms with E-state index in [4.69, 9.17) is 4.74 Å². The van der Waals surface area contributed by atoms with Gasteiger partial charge in [0.2, 0.25) is 0 Å². The van der Waals surface area contributed by atoms with E-state index in [0.717, 1.165) is 36.2 Å². The number of benzene rings is 1. The molecule has 0 aliphatic carbocycles. The van der Waals surface area contributed by atoms with E-state index in [1.54, 1.807) is 0 Å². The number of halogens is 4. The standard InChI is InChI=1S/C15H19F4N3O2S/c1-21(14(23)20-4-5-22-6-8-24-9-7-22)13-3-2-11(10-12(13)16)25-15(17,18)19/h2-3,10H,4-9H2,1H3,(H,20,23). The van der Waals surface area contributed by atoms with Gasteiger partial charge in [-0.3, -0.25) is 9.80 Å². The average molecular weight is 381 g/mol. The fourth-order valence-corrected chi connectivity index (χ4v) is 2.90. The highest BCUT2D eigenvalue weighted by Crippen LogP contribution is 2.38. The van der Waals surface area contributed by atoms with Crippen molar-refractivity contribution in [2.75, 3.05) is 51.3 Å². The van der Waals surface area contributed by atoms with Crippen LogP contribution in [0.2, 0.25) is 0 Å². The third-order valence-electron chi connectivity index (χ3n) is 3.63. The number of hydrogen-bond acceptors (Lipinski definition) is 4. The van der Waals surface area contributed by atoms with E-state index in [0.29, 0.717) is 26.3 Å². The zero-order valence-corrected chi connectivity index (χ0v) is 14.4. The maximum atomic E-state index is 14.0. The van der Waals surface area contributed by atoms with Crippen molar-refractivity contribution in [3.8, 4) is 0 Å². The molecule has 0 unspecified atom stereocenters. The Morgan fingerprint density at radius 3 is 2.64 bits per heavy atom. The molecule has 25 heavy (non-hydrogen) atoms. The van der Waals surface area contributed by atoms with Gasteiger partial charge in [0.15, 0.2) is 0 Å². The number of carbonyl (C=O) groups is 1. The van der Waals surface area contributed by atoms with E-state index in [2.05, 4.69) is 10.2 Å². The Bertz CT molecular complexity index is 595. The van der Waals surface area contributed by atoms with Gasteiger partial charge in [0.1, 0.15) is 5.82 Å². The molecule has 2 amide bonds. The molecular weight excluding hydrogens is 362 g/mol. The fourth-order valence-electron chi connectivity index (χ4n) is 2.33. The summed E-state index contributed by atoms with van der Waals surface area (Å²) in [6, 6.07) is 2.53. The molecule has 0 aromatic heterocycles. The largest absolute Gasteiger partial charge is 0.446 e. The van der Waals surface area contributed by atoms with E-state index in [-0.39, 0.29) is 10.6 Å². The van der Waals surface area contributed by atoms with Crippen LogP contribution in [-0.2, 0) is 4.74 Å². The first-order valence-electron chi connectivity index (χ1n) is 7.63. The van der Waals surface area contributed by atoms with Crippen molar-refractivity contribution in [2.45, 2.75) is 10.4 Å². The van der Waals surface area contributed by atoms with Crippen LogP contribution in [0.4, 0.5) is 28.0 Å². The highest BCUT2D eigenvalue weighted by molar-refractivity contribution is 8.00. The third-order valence-corrected chi connectivity index (χ3v) is 4.35. The van der Waals surface area contributed by atoms with Crippen LogP contribution in [0.25, 0.3) is 0 Å². The number of morpholine rings is 1. The Morgan fingerprint density at radius 2 is 2.04 bits per heavy atom. The fraction of sp³-hybridized carbons (Fsp3) is 0.533. The van der Waals surface area contributed by atoms with Gasteiger partial charge in [-0.1, -0.05) is 0 Å². The average Bonchev–Trinajstić information content (AvgIpc) is 2.54. The Balaban J connectivity index is 1.87. The maximum absolute atomic E-state index is 14.0. The summed E-state index contributed by atoms with van der Waals surface area (Å²) in [5, 5.41) is 2.66. The number of rotatable bonds is 5. The van der Waals surface area contributed by atoms with Gasteiger partial charge in [-0.25, -0.2) is 9.18 Å². The van der Waals surface area contributed by atoms with Crippen molar-refractivity contribution < 1.29 is 27.1 Å². The molecule has 1 aliphatic heterocycles. The van der Waals surface area contributed by atoms with Crippen molar-refractivity contribution in [1.29, 1.82) is 0 Å². The molecule has 1 aliphatic rings. The minimum Gasteiger partial charge on any atom is -0.379 e. The molecular formula is C15H19F4N3O2S. The number of urea groups is 1. The second kappa shape index (κ2) is 8.72. The summed E-state index contributed by atoms with van der Waals surface area (Å²) in [7, 11) is 1.36. The highest BCUT2D eigenvalue weighted by Gasteiger charge is 2.29. The minimum absolute atomic E-state index is 0.0876. The van der Waals surface area contributed by atoms with Gasteiger partial charge in [0.05, 0.1) is 18.9 Å². The summed E-state index contributed by atoms with van der Waals surface area (Å²) in [6.07, 6.45) is 0. The molecule has 5 nitrogen and oxygen atoms in total. The summed E-state index contributed by atoms with van der Waals surface area (Å²) in [4.78, 5) is 15.0. The number of thioether (sulfide) groups is 1. The number of hydrogen-bond donors (Lipinski definition) is 1. The summed E-state index contributed by atoms with van der Waals surface area (Å²) in [5.74, 6) is -0.889. The zero-order chi connectivity index (χ0) is 18.4. The number of carbonyl (C=O) groups excluding carboxylic acids is 1. The van der Waals surface area contributed by atoms with Gasteiger partial charge in [-0.15, -0.1) is 0 Å². The molecule has 0 radical (unpaired) electrons. The summed E-state index contributed by atoms with van der Waals surface area (Å²) in [6.45, 7) is 3.92. The van der Waals surface area contributed by atoms with Crippen LogP contribution in [0, 0.1) is 5.82 Å². The normalized spacial score (nSPS) is 15.9. The van der Waals surface area contributed by atoms with Gasteiger partial charge in [-0.2, -0.15) is 13.2 Å². The summed E-state index contributed by atoms with van der Waals surface area (Å²) < 4.78 is 56.2. The van der Waals surface area contributed by atoms with E-state index in [9.17, 15) is 22.4 Å². The molecule has 140 valence electrons. The van der Waals surface area contributed by atoms with Crippen molar-refractivity contribution in [1.82, 2.24) is 10.2 Å². The Hall–Kier alpha value is -1.52. The molecule has 1 heterocycles. The maximum Gasteiger partial charge on any atom is 0.446 e. The van der Waals surface area contributed by atoms with Crippen molar-refractivity contribution in [2.24, 2.45) is 0 Å². The van der Waals surface area contributed by atoms with Crippen LogP contribution in [0.5, 0.6) is 0 Å². The van der Waals surface area contributed by atoms with Crippen molar-refractivity contribution >= 4 is 23.5 Å². The Kier molecular flexibility index (Phi) is 6.91. The lowest BCUT2D eigenvalue weighted by atomic mass is 10.3. The number of ether oxygens (including phenoxy) is 1. The number of alkyl halides is 3. The highest BCUT2D eigenvalue weighted by atomic mass is 32.2. The lowest BCUT2D eigenvalue weighted by molar-refractivity contribution is -0.0328. The zero-order valence-electron chi connectivity index (χ0n) is 13.6. The molecule has 0 spiro atoms. The number of amides is 2. The number of nitrogens with zero attached hydrogens (tertiary/aromatic N) is 2. The van der Waals surface area contributed by atoms with Gasteiger partial charge in [0, 0.05) is 38.1 Å². The predicted octanol–water partition coefficient (Wildman–Crippen LogP) is 2.92. The molecule has 10 heteroatoms. The van der Waals surface area contributed by atoms with Crippen LogP contribution in [-0.4, -0.2) is 62.9 Å². The summed E-state index contributed by atoms with van der Waals surface area (Å²) in [5.41, 5.74) is -4.58. The van der Waals surface area contributed by atoms with Gasteiger partial charge >= 0.3 is 11.5 Å². The van der Waals surface area contributed by atoms with Crippen LogP contribution < -0.4 is 10.2 Å². The van der Waals surface area contributed by atoms with Crippen LogP contribution in [0.3, 0.4) is 0 Å². The number of anilines is 1. The molecule has 2 rings (SSSR count). The lowest BCUT2D eigenvalue weighted by Crippen LogP contribution is -2.44. The molecule has 0 saturated carbocycles. The van der Waals surface area contributed by atoms with E-state index >= 15 is 0 Å². The molecule has 0 bridgehead atoms. The first kappa shape index (κ1) is 19.8. The van der Waals surface area contributed by atoms with Crippen LogP contribution in [0.1, 0.15) is 0 Å². The second-order valence-electron chi connectivity index (χ2n) is 5.41. The van der Waals surface area contributed by atoms with Crippen LogP contribution >= 0.6 is 11.8 Å². The van der Waals surface area contributed by atoms with E-state index in [1.165, 1.54) is 7.05 Å². The van der Waals surface area contributed by atoms with Crippen molar-refractivity contribution in [3.05, 3.63) is 24.0 Å². The summed E-state index contributed by atoms with van der Waals surface area (Å²) >= 11 is -0.401. The predicted molar refractivity (Wildman–Crippen MR) is 87.4 cm³/mol.